The van der Waals surface area contributed by atoms with Crippen molar-refractivity contribution in [2.45, 2.75) is 50.9 Å². The van der Waals surface area contributed by atoms with E-state index in [1.54, 1.807) is 6.20 Å². The van der Waals surface area contributed by atoms with E-state index in [2.05, 4.69) is 26.8 Å². The molecule has 6 nitrogen and oxygen atoms in total. The van der Waals surface area contributed by atoms with E-state index in [4.69, 9.17) is 0 Å². The summed E-state index contributed by atoms with van der Waals surface area (Å²) in [5.41, 5.74) is 1.95. The van der Waals surface area contributed by atoms with Crippen molar-refractivity contribution in [1.29, 1.82) is 0 Å². The Labute approximate surface area is 160 Å². The van der Waals surface area contributed by atoms with Gasteiger partial charge in [0.15, 0.2) is 0 Å². The van der Waals surface area contributed by atoms with Gasteiger partial charge in [-0.2, -0.15) is 0 Å². The lowest BCUT2D eigenvalue weighted by molar-refractivity contribution is -0.139. The molecule has 1 aliphatic carbocycles. The predicted molar refractivity (Wildman–Crippen MR) is 104 cm³/mol. The smallest absolute Gasteiger partial charge is 0.317 e. The number of pyridine rings is 2. The van der Waals surface area contributed by atoms with Crippen LogP contribution in [0.1, 0.15) is 37.1 Å². The first-order chi connectivity index (χ1) is 13.1. The predicted octanol–water partition coefficient (Wildman–Crippen LogP) is 2.81. The minimum atomic E-state index is -0.789. The molecule has 1 aliphatic rings. The molecule has 2 heterocycles. The van der Waals surface area contributed by atoms with Gasteiger partial charge >= 0.3 is 5.97 Å². The van der Waals surface area contributed by atoms with Gasteiger partial charge in [0.25, 0.3) is 0 Å². The summed E-state index contributed by atoms with van der Waals surface area (Å²) >= 11 is 0. The Morgan fingerprint density at radius 3 is 2.15 bits per heavy atom. The molecule has 27 heavy (non-hydrogen) atoms. The van der Waals surface area contributed by atoms with Gasteiger partial charge in [-0.25, -0.2) is 0 Å². The molecule has 0 spiro atoms. The maximum Gasteiger partial charge on any atom is 0.317 e. The Kier molecular flexibility index (Phi) is 6.90. The maximum absolute atomic E-state index is 11.5. The Balaban J connectivity index is 1.76. The number of aliphatic carboxylic acids is 1. The van der Waals surface area contributed by atoms with E-state index in [-0.39, 0.29) is 12.6 Å². The number of carbonyl (C=O) groups is 1. The summed E-state index contributed by atoms with van der Waals surface area (Å²) in [4.78, 5) is 24.8. The van der Waals surface area contributed by atoms with E-state index in [9.17, 15) is 9.90 Å². The maximum atomic E-state index is 11.5. The van der Waals surface area contributed by atoms with Crippen molar-refractivity contribution in [2.75, 3.05) is 13.6 Å². The van der Waals surface area contributed by atoms with Crippen LogP contribution in [0.5, 0.6) is 0 Å². The average Bonchev–Trinajstić information content (AvgIpc) is 2.69. The van der Waals surface area contributed by atoms with Gasteiger partial charge in [-0.3, -0.25) is 24.6 Å². The van der Waals surface area contributed by atoms with Crippen molar-refractivity contribution in [3.8, 4) is 0 Å². The number of aromatic nitrogens is 2. The van der Waals surface area contributed by atoms with Gasteiger partial charge in [-0.15, -0.1) is 0 Å². The molecule has 0 unspecified atom stereocenters. The number of hydrogen-bond donors (Lipinski definition) is 1. The third-order valence-electron chi connectivity index (χ3n) is 5.30. The van der Waals surface area contributed by atoms with E-state index in [0.29, 0.717) is 12.6 Å². The molecule has 1 fully saturated rings. The molecule has 6 heteroatoms. The van der Waals surface area contributed by atoms with Gasteiger partial charge in [-0.05, 0) is 44.2 Å². The molecule has 0 bridgehead atoms. The van der Waals surface area contributed by atoms with Gasteiger partial charge < -0.3 is 5.11 Å². The molecule has 0 radical (unpaired) electrons. The zero-order valence-corrected chi connectivity index (χ0v) is 15.9. The molecule has 1 N–H and O–H groups in total. The Morgan fingerprint density at radius 1 is 1.00 bits per heavy atom. The van der Waals surface area contributed by atoms with Gasteiger partial charge in [0, 0.05) is 37.6 Å². The minimum absolute atomic E-state index is 0.0369. The van der Waals surface area contributed by atoms with Crippen molar-refractivity contribution in [3.05, 3.63) is 60.2 Å². The van der Waals surface area contributed by atoms with Gasteiger partial charge in [0.2, 0.25) is 0 Å². The van der Waals surface area contributed by atoms with Crippen molar-refractivity contribution in [2.24, 2.45) is 0 Å². The lowest BCUT2D eigenvalue weighted by atomic mass is 9.87. The largest absolute Gasteiger partial charge is 0.480 e. The molecule has 2 atom stereocenters. The van der Waals surface area contributed by atoms with E-state index in [1.165, 1.54) is 6.42 Å². The summed E-state index contributed by atoms with van der Waals surface area (Å²) in [5, 5.41) is 9.47. The van der Waals surface area contributed by atoms with Gasteiger partial charge in [0.05, 0.1) is 17.9 Å². The fourth-order valence-corrected chi connectivity index (χ4v) is 4.06. The first kappa shape index (κ1) is 19.5. The average molecular weight is 368 g/mol. The molecule has 0 aliphatic heterocycles. The summed E-state index contributed by atoms with van der Waals surface area (Å²) < 4.78 is 0. The zero-order valence-electron chi connectivity index (χ0n) is 15.9. The Hall–Kier alpha value is -2.31. The van der Waals surface area contributed by atoms with Crippen LogP contribution in [0.3, 0.4) is 0 Å². The monoisotopic (exact) mass is 368 g/mol. The summed E-state index contributed by atoms with van der Waals surface area (Å²) in [6.45, 7) is 1.37. The van der Waals surface area contributed by atoms with Crippen LogP contribution in [0.25, 0.3) is 0 Å². The van der Waals surface area contributed by atoms with E-state index < -0.39 is 5.97 Å². The highest BCUT2D eigenvalue weighted by Crippen LogP contribution is 2.28. The Morgan fingerprint density at radius 2 is 1.59 bits per heavy atom. The number of likely N-dealkylation sites (N-methyl/N-ethyl adjacent to an activating group) is 1. The highest BCUT2D eigenvalue weighted by molar-refractivity contribution is 5.69. The number of hydrogen-bond acceptors (Lipinski definition) is 5. The van der Waals surface area contributed by atoms with E-state index in [1.807, 2.05) is 42.6 Å². The quantitative estimate of drug-likeness (QED) is 0.773. The summed E-state index contributed by atoms with van der Waals surface area (Å²) in [6, 6.07) is 12.3. The Bertz CT molecular complexity index is 711. The second-order valence-corrected chi connectivity index (χ2v) is 7.28. The SMILES string of the molecule is CN(Cc1ccccn1)[C@H]1CCCC[C@@H]1N(CC(=O)O)Cc1ccccn1. The molecule has 2 aromatic heterocycles. The zero-order chi connectivity index (χ0) is 19.1. The second-order valence-electron chi connectivity index (χ2n) is 7.28. The molecule has 3 rings (SSSR count). The minimum Gasteiger partial charge on any atom is -0.480 e. The molecular weight excluding hydrogens is 340 g/mol. The van der Waals surface area contributed by atoms with Crippen molar-refractivity contribution >= 4 is 5.97 Å². The first-order valence-corrected chi connectivity index (χ1v) is 9.59. The topological polar surface area (TPSA) is 69.6 Å². The van der Waals surface area contributed by atoms with Gasteiger partial charge in [0.1, 0.15) is 0 Å². The first-order valence-electron chi connectivity index (χ1n) is 9.59. The fraction of sp³-hybridized carbons (Fsp3) is 0.476. The van der Waals surface area contributed by atoms with Crippen LogP contribution in [0.2, 0.25) is 0 Å². The fourth-order valence-electron chi connectivity index (χ4n) is 4.06. The van der Waals surface area contributed by atoms with Crippen LogP contribution < -0.4 is 0 Å². The van der Waals surface area contributed by atoms with E-state index in [0.717, 1.165) is 37.2 Å². The van der Waals surface area contributed by atoms with E-state index >= 15 is 0 Å². The van der Waals surface area contributed by atoms with Crippen molar-refractivity contribution < 1.29 is 9.90 Å². The summed E-state index contributed by atoms with van der Waals surface area (Å²) in [6.07, 6.45) is 7.98. The lowest BCUT2D eigenvalue weighted by Crippen LogP contribution is -2.53. The van der Waals surface area contributed by atoms with Crippen LogP contribution >= 0.6 is 0 Å². The molecular formula is C21H28N4O2. The third kappa shape index (κ3) is 5.58. The van der Waals surface area contributed by atoms with Crippen molar-refractivity contribution in [3.63, 3.8) is 0 Å². The molecule has 0 aromatic carbocycles. The van der Waals surface area contributed by atoms with Crippen LogP contribution in [0, 0.1) is 0 Å². The molecule has 0 saturated heterocycles. The van der Waals surface area contributed by atoms with Crippen LogP contribution in [0.4, 0.5) is 0 Å². The number of carboxylic acid groups (broad SMARTS) is 1. The van der Waals surface area contributed by atoms with Crippen LogP contribution in [-0.2, 0) is 17.9 Å². The number of carboxylic acids is 1. The number of rotatable bonds is 8. The van der Waals surface area contributed by atoms with Crippen molar-refractivity contribution in [1.82, 2.24) is 19.8 Å². The summed E-state index contributed by atoms with van der Waals surface area (Å²) in [5.74, 6) is -0.789. The lowest BCUT2D eigenvalue weighted by Gasteiger charge is -2.43. The standard InChI is InChI=1S/C21H28N4O2/c1-24(14-17-8-4-6-12-22-17)19-10-2-3-11-20(19)25(16-21(26)27)15-18-9-5-7-13-23-18/h4-9,12-13,19-20H,2-3,10-11,14-16H2,1H3,(H,26,27)/t19-,20-/m0/s1. The van der Waals surface area contributed by atoms with Crippen LogP contribution in [-0.4, -0.2) is 56.5 Å². The normalized spacial score (nSPS) is 20.1. The summed E-state index contributed by atoms with van der Waals surface area (Å²) in [7, 11) is 2.12. The molecule has 1 saturated carbocycles. The van der Waals surface area contributed by atoms with Crippen LogP contribution in [0.15, 0.2) is 48.8 Å². The number of nitrogens with zero attached hydrogens (tertiary/aromatic N) is 4. The van der Waals surface area contributed by atoms with Gasteiger partial charge in [-0.1, -0.05) is 25.0 Å². The molecule has 0 amide bonds. The second kappa shape index (κ2) is 9.58. The third-order valence-corrected chi connectivity index (χ3v) is 5.30. The molecule has 144 valence electrons. The highest BCUT2D eigenvalue weighted by Gasteiger charge is 2.33. The molecule has 2 aromatic rings. The highest BCUT2D eigenvalue weighted by atomic mass is 16.4.